The van der Waals surface area contributed by atoms with Gasteiger partial charge in [0, 0.05) is 13.1 Å². The van der Waals surface area contributed by atoms with Crippen LogP contribution < -0.4 is 5.32 Å². The lowest BCUT2D eigenvalue weighted by molar-refractivity contribution is 0.109. The monoisotopic (exact) mass is 183 g/mol. The number of hydrogen-bond acceptors (Lipinski definition) is 2. The summed E-state index contributed by atoms with van der Waals surface area (Å²) in [7, 11) is 0. The van der Waals surface area contributed by atoms with E-state index in [4.69, 9.17) is 4.74 Å². The molecule has 0 spiro atoms. The van der Waals surface area contributed by atoms with Crippen LogP contribution in [-0.2, 0) is 4.74 Å². The summed E-state index contributed by atoms with van der Waals surface area (Å²) in [6.07, 6.45) is 7.86. The Morgan fingerprint density at radius 3 is 2.23 bits per heavy atom. The highest BCUT2D eigenvalue weighted by molar-refractivity contribution is 5.00. The Labute approximate surface area is 81.4 Å². The summed E-state index contributed by atoms with van der Waals surface area (Å²) in [5.41, 5.74) is 1.59. The van der Waals surface area contributed by atoms with Crippen LogP contribution in [0.4, 0.5) is 0 Å². The zero-order valence-corrected chi connectivity index (χ0v) is 8.64. The molecule has 0 bridgehead atoms. The molecule has 1 aliphatic carbocycles. The number of ether oxygens (including phenoxy) is 1. The van der Waals surface area contributed by atoms with Crippen LogP contribution >= 0.6 is 0 Å². The summed E-state index contributed by atoms with van der Waals surface area (Å²) >= 11 is 0. The molecule has 0 aromatic heterocycles. The second-order valence-corrected chi connectivity index (χ2v) is 3.66. The van der Waals surface area contributed by atoms with E-state index in [9.17, 15) is 0 Å². The van der Waals surface area contributed by atoms with E-state index in [0.717, 1.165) is 26.3 Å². The number of morpholine rings is 1. The Hall–Kier alpha value is -0.340. The van der Waals surface area contributed by atoms with Crippen LogP contribution in [0.2, 0.25) is 0 Å². The van der Waals surface area contributed by atoms with Gasteiger partial charge in [-0.25, -0.2) is 0 Å². The van der Waals surface area contributed by atoms with Crippen LogP contribution in [0.25, 0.3) is 0 Å². The number of allylic oxidation sites excluding steroid dienone is 2. The maximum absolute atomic E-state index is 5.01. The van der Waals surface area contributed by atoms with Crippen molar-refractivity contribution in [2.24, 2.45) is 0 Å². The fourth-order valence-electron chi connectivity index (χ4n) is 1.51. The molecule has 1 saturated heterocycles. The molecule has 0 radical (unpaired) electrons. The van der Waals surface area contributed by atoms with Crippen molar-refractivity contribution < 1.29 is 4.74 Å². The molecule has 0 aromatic rings. The first-order chi connectivity index (χ1) is 6.39. The quantitative estimate of drug-likeness (QED) is 0.581. The van der Waals surface area contributed by atoms with Gasteiger partial charge in [-0.3, -0.25) is 0 Å². The molecular weight excluding hydrogens is 162 g/mol. The van der Waals surface area contributed by atoms with E-state index in [1.807, 2.05) is 0 Å². The summed E-state index contributed by atoms with van der Waals surface area (Å²) in [4.78, 5) is 0. The first kappa shape index (κ1) is 10.7. The molecule has 1 aliphatic heterocycles. The average Bonchev–Trinajstić information content (AvgIpc) is 2.22. The molecular formula is C11H21NO. The van der Waals surface area contributed by atoms with Crippen molar-refractivity contribution in [3.05, 3.63) is 11.6 Å². The normalized spacial score (nSPS) is 22.7. The summed E-state index contributed by atoms with van der Waals surface area (Å²) in [5, 5.41) is 3.16. The van der Waals surface area contributed by atoms with Gasteiger partial charge in [-0.05, 0) is 32.6 Å². The maximum atomic E-state index is 5.01. The van der Waals surface area contributed by atoms with Crippen LogP contribution in [0.1, 0.15) is 32.6 Å². The van der Waals surface area contributed by atoms with E-state index in [2.05, 4.69) is 18.3 Å². The lowest BCUT2D eigenvalue weighted by Gasteiger charge is -2.10. The van der Waals surface area contributed by atoms with Gasteiger partial charge in [0.1, 0.15) is 0 Å². The minimum absolute atomic E-state index is 0.889. The Bertz CT molecular complexity index is 139. The molecule has 2 heteroatoms. The number of nitrogens with one attached hydrogen (secondary N) is 1. The predicted octanol–water partition coefficient (Wildman–Crippen LogP) is 2.11. The molecule has 1 heterocycles. The lowest BCUT2D eigenvalue weighted by Crippen LogP contribution is -2.30. The third kappa shape index (κ3) is 5.83. The minimum atomic E-state index is 0.889. The molecule has 2 nitrogen and oxygen atoms in total. The molecule has 0 saturated carbocycles. The van der Waals surface area contributed by atoms with E-state index in [1.165, 1.54) is 25.7 Å². The van der Waals surface area contributed by atoms with Gasteiger partial charge in [-0.1, -0.05) is 11.6 Å². The van der Waals surface area contributed by atoms with Crippen LogP contribution in [0.15, 0.2) is 11.6 Å². The summed E-state index contributed by atoms with van der Waals surface area (Å²) in [6, 6.07) is 0. The molecule has 1 N–H and O–H groups in total. The largest absolute Gasteiger partial charge is 0.379 e. The number of hydrogen-bond donors (Lipinski definition) is 1. The molecule has 76 valence electrons. The van der Waals surface area contributed by atoms with Gasteiger partial charge in [0.2, 0.25) is 0 Å². The van der Waals surface area contributed by atoms with Gasteiger partial charge in [-0.2, -0.15) is 0 Å². The summed E-state index contributed by atoms with van der Waals surface area (Å²) < 4.78 is 5.01. The summed E-state index contributed by atoms with van der Waals surface area (Å²) in [6.45, 7) is 6.05. The Morgan fingerprint density at radius 2 is 2.00 bits per heavy atom. The van der Waals surface area contributed by atoms with Gasteiger partial charge >= 0.3 is 0 Å². The van der Waals surface area contributed by atoms with E-state index in [0.29, 0.717) is 0 Å². The topological polar surface area (TPSA) is 21.3 Å². The van der Waals surface area contributed by atoms with Crippen molar-refractivity contribution in [3.63, 3.8) is 0 Å². The molecule has 0 amide bonds. The molecule has 13 heavy (non-hydrogen) atoms. The highest BCUT2D eigenvalue weighted by atomic mass is 16.5. The second kappa shape index (κ2) is 7.10. The SMILES string of the molecule is C1COCCN1.CC1=CCCCC1. The van der Waals surface area contributed by atoms with Crippen molar-refractivity contribution in [1.82, 2.24) is 5.32 Å². The standard InChI is InChI=1S/C7H12.C4H9NO/c1-7-5-3-2-4-6-7;1-3-6-4-2-5-1/h5H,2-4,6H2,1H3;5H,1-4H2. The van der Waals surface area contributed by atoms with Gasteiger partial charge in [0.05, 0.1) is 13.2 Å². The Balaban J connectivity index is 0.000000132. The van der Waals surface area contributed by atoms with Gasteiger partial charge < -0.3 is 10.1 Å². The fourth-order valence-corrected chi connectivity index (χ4v) is 1.51. The van der Waals surface area contributed by atoms with E-state index >= 15 is 0 Å². The van der Waals surface area contributed by atoms with E-state index in [-0.39, 0.29) is 0 Å². The molecule has 0 atom stereocenters. The third-order valence-corrected chi connectivity index (χ3v) is 2.36. The zero-order chi connectivity index (χ0) is 9.36. The highest BCUT2D eigenvalue weighted by Crippen LogP contribution is 2.15. The summed E-state index contributed by atoms with van der Waals surface area (Å²) in [5.74, 6) is 0. The van der Waals surface area contributed by atoms with Gasteiger partial charge in [0.25, 0.3) is 0 Å². The van der Waals surface area contributed by atoms with Crippen molar-refractivity contribution in [2.45, 2.75) is 32.6 Å². The van der Waals surface area contributed by atoms with Gasteiger partial charge in [0.15, 0.2) is 0 Å². The Morgan fingerprint density at radius 1 is 1.23 bits per heavy atom. The van der Waals surface area contributed by atoms with Gasteiger partial charge in [-0.15, -0.1) is 0 Å². The Kier molecular flexibility index (Phi) is 5.87. The average molecular weight is 183 g/mol. The van der Waals surface area contributed by atoms with Crippen LogP contribution in [-0.4, -0.2) is 26.3 Å². The van der Waals surface area contributed by atoms with Crippen LogP contribution in [0.3, 0.4) is 0 Å². The minimum Gasteiger partial charge on any atom is -0.379 e. The molecule has 2 aliphatic rings. The molecule has 0 aromatic carbocycles. The first-order valence-electron chi connectivity index (χ1n) is 5.33. The molecule has 1 fully saturated rings. The fraction of sp³-hybridized carbons (Fsp3) is 0.818. The second-order valence-electron chi connectivity index (χ2n) is 3.66. The zero-order valence-electron chi connectivity index (χ0n) is 8.64. The molecule has 0 unspecified atom stereocenters. The lowest BCUT2D eigenvalue weighted by atomic mass is 10.0. The van der Waals surface area contributed by atoms with Crippen molar-refractivity contribution in [2.75, 3.05) is 26.3 Å². The van der Waals surface area contributed by atoms with Crippen molar-refractivity contribution in [1.29, 1.82) is 0 Å². The van der Waals surface area contributed by atoms with Crippen LogP contribution in [0.5, 0.6) is 0 Å². The highest BCUT2D eigenvalue weighted by Gasteiger charge is 1.95. The predicted molar refractivity (Wildman–Crippen MR) is 55.9 cm³/mol. The van der Waals surface area contributed by atoms with Crippen molar-refractivity contribution in [3.8, 4) is 0 Å². The first-order valence-corrected chi connectivity index (χ1v) is 5.33. The van der Waals surface area contributed by atoms with E-state index < -0.39 is 0 Å². The number of rotatable bonds is 0. The molecule has 2 rings (SSSR count). The van der Waals surface area contributed by atoms with Crippen molar-refractivity contribution >= 4 is 0 Å². The smallest absolute Gasteiger partial charge is 0.0591 e. The third-order valence-electron chi connectivity index (χ3n) is 2.36. The maximum Gasteiger partial charge on any atom is 0.0591 e. The van der Waals surface area contributed by atoms with Crippen LogP contribution in [0, 0.1) is 0 Å². The van der Waals surface area contributed by atoms with E-state index in [1.54, 1.807) is 5.57 Å².